The number of aromatic nitrogens is 2. The third-order valence-electron chi connectivity index (χ3n) is 5.42. The third-order valence-corrected chi connectivity index (χ3v) is 6.30. The highest BCUT2D eigenvalue weighted by Crippen LogP contribution is 2.34. The van der Waals surface area contributed by atoms with Crippen molar-refractivity contribution in [2.24, 2.45) is 5.73 Å². The van der Waals surface area contributed by atoms with Gasteiger partial charge in [0.1, 0.15) is 22.3 Å². The minimum Gasteiger partial charge on any atom is -0.508 e. The summed E-state index contributed by atoms with van der Waals surface area (Å²) >= 11 is 1.21. The van der Waals surface area contributed by atoms with Crippen molar-refractivity contribution in [1.82, 2.24) is 9.97 Å². The first kappa shape index (κ1) is 19.7. The SMILES string of the molecule is N[C@H]1CCC[C@@H](c2ccncc2CC(=O)c2csc(-c3ccc(O)cc3F)n2)C1. The van der Waals surface area contributed by atoms with Gasteiger partial charge in [0.2, 0.25) is 0 Å². The molecule has 7 heteroatoms. The highest BCUT2D eigenvalue weighted by Gasteiger charge is 2.24. The summed E-state index contributed by atoms with van der Waals surface area (Å²) in [6.07, 6.45) is 7.85. The van der Waals surface area contributed by atoms with E-state index < -0.39 is 5.82 Å². The topological polar surface area (TPSA) is 89.1 Å². The number of pyridine rings is 1. The van der Waals surface area contributed by atoms with Crippen LogP contribution in [0.4, 0.5) is 4.39 Å². The van der Waals surface area contributed by atoms with E-state index in [1.165, 1.54) is 23.5 Å². The van der Waals surface area contributed by atoms with Crippen LogP contribution in [0, 0.1) is 5.82 Å². The molecule has 29 heavy (non-hydrogen) atoms. The smallest absolute Gasteiger partial charge is 0.186 e. The third kappa shape index (κ3) is 4.36. The molecule has 3 aromatic rings. The normalized spacial score (nSPS) is 19.2. The number of hydrogen-bond acceptors (Lipinski definition) is 6. The van der Waals surface area contributed by atoms with Crippen LogP contribution in [0.2, 0.25) is 0 Å². The Morgan fingerprint density at radius 3 is 2.97 bits per heavy atom. The molecule has 0 spiro atoms. The molecule has 1 saturated carbocycles. The van der Waals surface area contributed by atoms with E-state index in [4.69, 9.17) is 5.73 Å². The quantitative estimate of drug-likeness (QED) is 0.605. The van der Waals surface area contributed by atoms with Crippen molar-refractivity contribution in [2.45, 2.75) is 44.1 Å². The first-order valence-corrected chi connectivity index (χ1v) is 10.5. The van der Waals surface area contributed by atoms with Crippen LogP contribution in [0.5, 0.6) is 5.75 Å². The lowest BCUT2D eigenvalue weighted by Gasteiger charge is -2.28. The van der Waals surface area contributed by atoms with Crippen LogP contribution in [0.3, 0.4) is 0 Å². The van der Waals surface area contributed by atoms with Crippen LogP contribution in [0.15, 0.2) is 42.0 Å². The van der Waals surface area contributed by atoms with Crippen molar-refractivity contribution >= 4 is 17.1 Å². The highest BCUT2D eigenvalue weighted by molar-refractivity contribution is 7.13. The highest BCUT2D eigenvalue weighted by atomic mass is 32.1. The Hall–Kier alpha value is -2.64. The van der Waals surface area contributed by atoms with Gasteiger partial charge in [-0.2, -0.15) is 0 Å². The zero-order valence-electron chi connectivity index (χ0n) is 15.8. The molecule has 2 heterocycles. The van der Waals surface area contributed by atoms with Crippen LogP contribution in [0.25, 0.3) is 10.6 Å². The van der Waals surface area contributed by atoms with E-state index in [2.05, 4.69) is 9.97 Å². The number of phenolic OH excluding ortho intramolecular Hbond substituents is 1. The summed E-state index contributed by atoms with van der Waals surface area (Å²) in [5.74, 6) is -0.491. The van der Waals surface area contributed by atoms with E-state index in [0.717, 1.165) is 42.9 Å². The predicted molar refractivity (Wildman–Crippen MR) is 111 cm³/mol. The second-order valence-corrected chi connectivity index (χ2v) is 8.36. The summed E-state index contributed by atoms with van der Waals surface area (Å²) in [5.41, 5.74) is 8.77. The van der Waals surface area contributed by atoms with Gasteiger partial charge in [0, 0.05) is 41.9 Å². The van der Waals surface area contributed by atoms with Gasteiger partial charge in [-0.25, -0.2) is 9.37 Å². The van der Waals surface area contributed by atoms with Gasteiger partial charge < -0.3 is 10.8 Å². The van der Waals surface area contributed by atoms with Crippen molar-refractivity contribution in [2.75, 3.05) is 0 Å². The van der Waals surface area contributed by atoms with Gasteiger partial charge in [-0.1, -0.05) is 6.42 Å². The standard InChI is InChI=1S/C22H22FN3O2S/c23-19-10-16(27)4-5-18(19)22-26-20(12-29-22)21(28)9-14-11-25-7-6-17(14)13-2-1-3-15(24)8-13/h4-7,10-13,15,27H,1-3,8-9,24H2/t13-,15+/m1/s1. The van der Waals surface area contributed by atoms with Gasteiger partial charge in [-0.15, -0.1) is 11.3 Å². The largest absolute Gasteiger partial charge is 0.508 e. The Kier molecular flexibility index (Phi) is 5.69. The van der Waals surface area contributed by atoms with Gasteiger partial charge in [-0.05, 0) is 54.5 Å². The lowest BCUT2D eigenvalue weighted by atomic mass is 9.80. The monoisotopic (exact) mass is 411 g/mol. The maximum absolute atomic E-state index is 14.1. The number of aromatic hydroxyl groups is 1. The van der Waals surface area contributed by atoms with E-state index in [-0.39, 0.29) is 29.6 Å². The molecular formula is C22H22FN3O2S. The number of nitrogens with zero attached hydrogens (tertiary/aromatic N) is 2. The summed E-state index contributed by atoms with van der Waals surface area (Å²) in [4.78, 5) is 21.4. The van der Waals surface area contributed by atoms with E-state index >= 15 is 0 Å². The van der Waals surface area contributed by atoms with Crippen LogP contribution < -0.4 is 5.73 Å². The van der Waals surface area contributed by atoms with Crippen molar-refractivity contribution in [3.05, 3.63) is 64.7 Å². The zero-order valence-corrected chi connectivity index (χ0v) is 16.7. The second-order valence-electron chi connectivity index (χ2n) is 7.50. The number of halogens is 1. The van der Waals surface area contributed by atoms with Crippen LogP contribution in [-0.4, -0.2) is 26.9 Å². The van der Waals surface area contributed by atoms with Crippen molar-refractivity contribution < 1.29 is 14.3 Å². The number of hydrogen-bond donors (Lipinski definition) is 2. The number of ketones is 1. The molecule has 5 nitrogen and oxygen atoms in total. The Labute approximate surface area is 172 Å². The number of rotatable bonds is 5. The summed E-state index contributed by atoms with van der Waals surface area (Å²) in [7, 11) is 0. The van der Waals surface area contributed by atoms with Crippen LogP contribution in [0.1, 0.15) is 53.2 Å². The Balaban J connectivity index is 1.54. The van der Waals surface area contributed by atoms with E-state index in [1.807, 2.05) is 6.07 Å². The molecule has 0 aliphatic heterocycles. The van der Waals surface area contributed by atoms with E-state index in [1.54, 1.807) is 17.8 Å². The van der Waals surface area contributed by atoms with Crippen molar-refractivity contribution in [1.29, 1.82) is 0 Å². The number of benzene rings is 1. The molecule has 1 aliphatic rings. The molecule has 4 rings (SSSR count). The predicted octanol–water partition coefficient (Wildman–Crippen LogP) is 4.46. The average Bonchev–Trinajstić information content (AvgIpc) is 3.18. The molecule has 150 valence electrons. The van der Waals surface area contributed by atoms with Gasteiger partial charge >= 0.3 is 0 Å². The maximum Gasteiger partial charge on any atom is 0.186 e. The molecule has 1 aliphatic carbocycles. The maximum atomic E-state index is 14.1. The Bertz CT molecular complexity index is 1040. The molecule has 0 saturated heterocycles. The molecular weight excluding hydrogens is 389 g/mol. The van der Waals surface area contributed by atoms with E-state index in [9.17, 15) is 14.3 Å². The number of nitrogens with two attached hydrogens (primary N) is 1. The number of carbonyl (C=O) groups is 1. The molecule has 2 aromatic heterocycles. The summed E-state index contributed by atoms with van der Waals surface area (Å²) in [6, 6.07) is 6.09. The molecule has 0 bridgehead atoms. The molecule has 1 aromatic carbocycles. The van der Waals surface area contributed by atoms with Gasteiger partial charge in [-0.3, -0.25) is 9.78 Å². The minimum absolute atomic E-state index is 0.124. The Morgan fingerprint density at radius 1 is 1.31 bits per heavy atom. The lowest BCUT2D eigenvalue weighted by Crippen LogP contribution is -2.27. The fourth-order valence-electron chi connectivity index (χ4n) is 3.96. The zero-order chi connectivity index (χ0) is 20.4. The Morgan fingerprint density at radius 2 is 2.17 bits per heavy atom. The summed E-state index contributed by atoms with van der Waals surface area (Å²) < 4.78 is 14.1. The summed E-state index contributed by atoms with van der Waals surface area (Å²) in [5, 5.41) is 11.4. The first-order valence-electron chi connectivity index (χ1n) is 9.67. The van der Waals surface area contributed by atoms with Crippen molar-refractivity contribution in [3.8, 4) is 16.3 Å². The minimum atomic E-state index is -0.568. The van der Waals surface area contributed by atoms with Crippen LogP contribution >= 0.6 is 11.3 Å². The molecule has 0 radical (unpaired) electrons. The van der Waals surface area contributed by atoms with Crippen molar-refractivity contribution in [3.63, 3.8) is 0 Å². The summed E-state index contributed by atoms with van der Waals surface area (Å²) in [6.45, 7) is 0. The fraction of sp³-hybridized carbons (Fsp3) is 0.318. The van der Waals surface area contributed by atoms with Crippen LogP contribution in [-0.2, 0) is 6.42 Å². The molecule has 0 amide bonds. The van der Waals surface area contributed by atoms with Gasteiger partial charge in [0.15, 0.2) is 5.78 Å². The van der Waals surface area contributed by atoms with Gasteiger partial charge in [0.05, 0.1) is 0 Å². The van der Waals surface area contributed by atoms with Gasteiger partial charge in [0.25, 0.3) is 0 Å². The molecule has 0 unspecified atom stereocenters. The number of phenols is 1. The van der Waals surface area contributed by atoms with E-state index in [0.29, 0.717) is 16.6 Å². The fourth-order valence-corrected chi connectivity index (χ4v) is 4.81. The lowest BCUT2D eigenvalue weighted by molar-refractivity contribution is 0.0988. The number of Topliss-reactive ketones (excluding diaryl/α,β-unsaturated/α-hetero) is 1. The molecule has 3 N–H and O–H groups in total. The number of carbonyl (C=O) groups excluding carboxylic acids is 1. The average molecular weight is 412 g/mol. The second kappa shape index (κ2) is 8.39. The number of thiazole rings is 1. The first-order chi connectivity index (χ1) is 14.0. The molecule has 2 atom stereocenters. The molecule has 1 fully saturated rings.